The number of nitrogens with zero attached hydrogens (tertiary/aromatic N) is 3. The molecule has 5 rings (SSSR count). The molecule has 0 radical (unpaired) electrons. The van der Waals surface area contributed by atoms with Gasteiger partial charge in [-0.15, -0.1) is 23.1 Å². The van der Waals surface area contributed by atoms with E-state index in [0.29, 0.717) is 23.1 Å². The number of hydrogen-bond donors (Lipinski definition) is 1. The van der Waals surface area contributed by atoms with Crippen LogP contribution in [0, 0.1) is 0 Å². The van der Waals surface area contributed by atoms with Crippen molar-refractivity contribution < 1.29 is 14.3 Å². The van der Waals surface area contributed by atoms with Crippen molar-refractivity contribution in [1.29, 1.82) is 0 Å². The number of rotatable bonds is 8. The van der Waals surface area contributed by atoms with Crippen LogP contribution in [0.1, 0.15) is 29.0 Å². The summed E-state index contributed by atoms with van der Waals surface area (Å²) in [7, 11) is 1.62. The quantitative estimate of drug-likeness (QED) is 0.285. The third-order valence-corrected chi connectivity index (χ3v) is 8.77. The highest BCUT2D eigenvalue weighted by atomic mass is 35.5. The SMILES string of the molecule is CCCNC(=O)CN1C(=O)CS[C@H](c2cccs2)c2c(-c3ccc(Cl)cc3)nn(-c3ccc(OC)cc3)c21. The van der Waals surface area contributed by atoms with Gasteiger partial charge < -0.3 is 10.1 Å². The molecule has 38 heavy (non-hydrogen) atoms. The van der Waals surface area contributed by atoms with Gasteiger partial charge in [-0.25, -0.2) is 4.68 Å². The van der Waals surface area contributed by atoms with E-state index in [-0.39, 0.29) is 29.4 Å². The fourth-order valence-corrected chi connectivity index (χ4v) is 6.67. The minimum atomic E-state index is -0.207. The van der Waals surface area contributed by atoms with Crippen molar-refractivity contribution in [2.45, 2.75) is 18.6 Å². The van der Waals surface area contributed by atoms with Gasteiger partial charge in [-0.2, -0.15) is 5.10 Å². The molecule has 3 heterocycles. The van der Waals surface area contributed by atoms with Gasteiger partial charge >= 0.3 is 0 Å². The monoisotopic (exact) mass is 566 g/mol. The molecule has 0 bridgehead atoms. The first-order valence-electron chi connectivity index (χ1n) is 12.3. The molecule has 0 spiro atoms. The number of ether oxygens (including phenoxy) is 1. The summed E-state index contributed by atoms with van der Waals surface area (Å²) in [4.78, 5) is 29.2. The number of halogens is 1. The molecular weight excluding hydrogens is 540 g/mol. The summed E-state index contributed by atoms with van der Waals surface area (Å²) >= 11 is 9.41. The number of methoxy groups -OCH3 is 1. The minimum Gasteiger partial charge on any atom is -0.497 e. The van der Waals surface area contributed by atoms with Crippen LogP contribution in [-0.2, 0) is 9.59 Å². The first-order valence-corrected chi connectivity index (χ1v) is 14.6. The Morgan fingerprint density at radius 3 is 2.58 bits per heavy atom. The molecule has 2 amide bonds. The Balaban J connectivity index is 1.76. The Kier molecular flexibility index (Phi) is 8.06. The summed E-state index contributed by atoms with van der Waals surface area (Å²) in [6.07, 6.45) is 0.811. The standard InChI is InChI=1S/C28H27ClN4O3S2/c1-3-14-30-23(34)16-32-24(35)17-38-27(22-5-4-15-37-22)25-26(18-6-8-19(29)9-7-18)31-33(28(25)32)20-10-12-21(36-2)13-11-20/h4-13,15,27H,3,14,16-17H2,1-2H3,(H,30,34)/t27-/m1/s1. The number of aromatic nitrogens is 2. The van der Waals surface area contributed by atoms with E-state index < -0.39 is 0 Å². The van der Waals surface area contributed by atoms with Crippen LogP contribution in [0.3, 0.4) is 0 Å². The van der Waals surface area contributed by atoms with Crippen molar-refractivity contribution >= 4 is 52.3 Å². The molecule has 0 saturated carbocycles. The third kappa shape index (κ3) is 5.32. The van der Waals surface area contributed by atoms with Crippen molar-refractivity contribution in [2.24, 2.45) is 0 Å². The second kappa shape index (κ2) is 11.6. The lowest BCUT2D eigenvalue weighted by Crippen LogP contribution is -2.42. The number of carbonyl (C=O) groups excluding carboxylic acids is 2. The molecule has 2 aromatic carbocycles. The van der Waals surface area contributed by atoms with Crippen LogP contribution in [0.4, 0.5) is 5.82 Å². The van der Waals surface area contributed by atoms with Gasteiger partial charge in [0.15, 0.2) is 0 Å². The lowest BCUT2D eigenvalue weighted by atomic mass is 10.0. The molecule has 10 heteroatoms. The maximum absolute atomic E-state index is 13.6. The van der Waals surface area contributed by atoms with Gasteiger partial charge in [-0.05, 0) is 54.3 Å². The fourth-order valence-electron chi connectivity index (χ4n) is 4.37. The number of hydrogen-bond acceptors (Lipinski definition) is 6. The average Bonchev–Trinajstić information content (AvgIpc) is 3.58. The van der Waals surface area contributed by atoms with E-state index in [1.54, 1.807) is 39.8 Å². The summed E-state index contributed by atoms with van der Waals surface area (Å²) in [5.41, 5.74) is 3.27. The Morgan fingerprint density at radius 2 is 1.92 bits per heavy atom. The van der Waals surface area contributed by atoms with E-state index >= 15 is 0 Å². The summed E-state index contributed by atoms with van der Waals surface area (Å²) in [5, 5.41) is 10.5. The highest BCUT2D eigenvalue weighted by Crippen LogP contribution is 2.49. The zero-order valence-electron chi connectivity index (χ0n) is 21.0. The van der Waals surface area contributed by atoms with Crippen molar-refractivity contribution in [1.82, 2.24) is 15.1 Å². The van der Waals surface area contributed by atoms with Gasteiger partial charge in [-0.1, -0.05) is 36.7 Å². The maximum atomic E-state index is 13.6. The smallest absolute Gasteiger partial charge is 0.240 e. The Morgan fingerprint density at radius 1 is 1.16 bits per heavy atom. The van der Waals surface area contributed by atoms with E-state index in [9.17, 15) is 9.59 Å². The molecule has 4 aromatic rings. The second-order valence-corrected chi connectivity index (χ2v) is 11.2. The molecule has 2 aromatic heterocycles. The van der Waals surface area contributed by atoms with E-state index in [1.165, 1.54) is 0 Å². The first-order chi connectivity index (χ1) is 18.5. The van der Waals surface area contributed by atoms with E-state index in [4.69, 9.17) is 21.4 Å². The van der Waals surface area contributed by atoms with E-state index in [0.717, 1.165) is 33.8 Å². The second-order valence-electron chi connectivity index (χ2n) is 8.74. The van der Waals surface area contributed by atoms with Crippen LogP contribution in [-0.4, -0.2) is 47.5 Å². The summed E-state index contributed by atoms with van der Waals surface area (Å²) < 4.78 is 7.13. The molecule has 196 valence electrons. The van der Waals surface area contributed by atoms with Gasteiger partial charge in [0.1, 0.15) is 18.1 Å². The highest BCUT2D eigenvalue weighted by molar-refractivity contribution is 8.00. The molecule has 1 atom stereocenters. The van der Waals surface area contributed by atoms with Crippen LogP contribution < -0.4 is 15.0 Å². The third-order valence-electron chi connectivity index (χ3n) is 6.20. The average molecular weight is 567 g/mol. The minimum absolute atomic E-state index is 0.0918. The summed E-state index contributed by atoms with van der Waals surface area (Å²) in [6.45, 7) is 2.45. The normalized spacial score (nSPS) is 15.2. The maximum Gasteiger partial charge on any atom is 0.240 e. The number of anilines is 1. The van der Waals surface area contributed by atoms with Crippen molar-refractivity contribution in [3.8, 4) is 22.7 Å². The van der Waals surface area contributed by atoms with E-state index in [2.05, 4.69) is 11.4 Å². The van der Waals surface area contributed by atoms with Crippen LogP contribution in [0.2, 0.25) is 5.02 Å². The van der Waals surface area contributed by atoms with Gasteiger partial charge in [0, 0.05) is 27.6 Å². The molecule has 1 N–H and O–H groups in total. The van der Waals surface area contributed by atoms with Gasteiger partial charge in [0.2, 0.25) is 11.8 Å². The van der Waals surface area contributed by atoms with Gasteiger partial charge in [-0.3, -0.25) is 14.5 Å². The van der Waals surface area contributed by atoms with Crippen LogP contribution in [0.15, 0.2) is 66.0 Å². The number of carbonyl (C=O) groups is 2. The molecule has 0 fully saturated rings. The van der Waals surface area contributed by atoms with Crippen LogP contribution in [0.5, 0.6) is 5.75 Å². The lowest BCUT2D eigenvalue weighted by Gasteiger charge is -2.23. The number of nitrogens with one attached hydrogen (secondary N) is 1. The van der Waals surface area contributed by atoms with Crippen molar-refractivity contribution in [2.75, 3.05) is 30.9 Å². The van der Waals surface area contributed by atoms with E-state index in [1.807, 2.05) is 66.9 Å². The number of thiophene rings is 1. The number of fused-ring (bicyclic) bond motifs is 1. The predicted octanol–water partition coefficient (Wildman–Crippen LogP) is 5.96. The first kappa shape index (κ1) is 26.3. The summed E-state index contributed by atoms with van der Waals surface area (Å²) in [6, 6.07) is 19.1. The summed E-state index contributed by atoms with van der Waals surface area (Å²) in [5.74, 6) is 1.20. The molecular formula is C28H27ClN4O3S2. The molecule has 1 aliphatic rings. The zero-order valence-corrected chi connectivity index (χ0v) is 23.4. The predicted molar refractivity (Wildman–Crippen MR) is 155 cm³/mol. The topological polar surface area (TPSA) is 76.5 Å². The van der Waals surface area contributed by atoms with Crippen molar-refractivity contribution in [3.63, 3.8) is 0 Å². The molecule has 0 saturated heterocycles. The van der Waals surface area contributed by atoms with Crippen molar-refractivity contribution in [3.05, 3.63) is 81.5 Å². The molecule has 7 nitrogen and oxygen atoms in total. The number of thioether (sulfide) groups is 1. The molecule has 1 aliphatic heterocycles. The molecule has 0 aliphatic carbocycles. The Hall–Kier alpha value is -3.27. The Bertz CT molecular complexity index is 1420. The lowest BCUT2D eigenvalue weighted by molar-refractivity contribution is -0.122. The Labute approximate surface area is 234 Å². The largest absolute Gasteiger partial charge is 0.497 e. The number of amides is 2. The molecule has 0 unspecified atom stereocenters. The van der Waals surface area contributed by atoms with Gasteiger partial charge in [0.05, 0.1) is 29.5 Å². The fraction of sp³-hybridized carbons (Fsp3) is 0.250. The van der Waals surface area contributed by atoms with Gasteiger partial charge in [0.25, 0.3) is 0 Å². The van der Waals surface area contributed by atoms with Crippen LogP contribution in [0.25, 0.3) is 16.9 Å². The van der Waals surface area contributed by atoms with Crippen LogP contribution >= 0.6 is 34.7 Å². The highest BCUT2D eigenvalue weighted by Gasteiger charge is 2.38. The zero-order chi connectivity index (χ0) is 26.6. The number of benzene rings is 2.